The van der Waals surface area contributed by atoms with Crippen LogP contribution in [0.1, 0.15) is 5.56 Å². The van der Waals surface area contributed by atoms with E-state index >= 15 is 0 Å². The molecule has 0 atom stereocenters. The van der Waals surface area contributed by atoms with Crippen LogP contribution < -0.4 is 19.5 Å². The first-order chi connectivity index (χ1) is 12.8. The summed E-state index contributed by atoms with van der Waals surface area (Å²) < 4.78 is 75.8. The van der Waals surface area contributed by atoms with Crippen molar-refractivity contribution in [1.82, 2.24) is 10.0 Å². The smallest absolute Gasteiger partial charge is 0.244 e. The van der Waals surface area contributed by atoms with Gasteiger partial charge in [-0.1, -0.05) is 6.07 Å². The molecule has 1 amide bonds. The van der Waals surface area contributed by atoms with Gasteiger partial charge in [-0.15, -0.1) is 0 Å². The summed E-state index contributed by atoms with van der Waals surface area (Å²) in [6, 6.07) is 6.06. The third-order valence-electron chi connectivity index (χ3n) is 3.64. The van der Waals surface area contributed by atoms with Crippen LogP contribution in [-0.4, -0.2) is 27.7 Å². The van der Waals surface area contributed by atoms with Crippen molar-refractivity contribution in [1.29, 1.82) is 0 Å². The van der Waals surface area contributed by atoms with Crippen molar-refractivity contribution in [3.05, 3.63) is 53.3 Å². The summed E-state index contributed by atoms with van der Waals surface area (Å²) in [6.45, 7) is -0.532. The maximum absolute atomic E-state index is 13.6. The highest BCUT2D eigenvalue weighted by Crippen LogP contribution is 2.32. The van der Waals surface area contributed by atoms with E-state index in [0.29, 0.717) is 29.2 Å². The van der Waals surface area contributed by atoms with Crippen LogP contribution in [0.5, 0.6) is 11.5 Å². The second kappa shape index (κ2) is 7.45. The largest absolute Gasteiger partial charge is 0.454 e. The number of fused-ring (bicyclic) bond motifs is 1. The fourth-order valence-electron chi connectivity index (χ4n) is 2.27. The number of halogens is 3. The van der Waals surface area contributed by atoms with E-state index in [0.717, 1.165) is 0 Å². The van der Waals surface area contributed by atoms with Crippen LogP contribution in [-0.2, 0) is 21.4 Å². The number of rotatable bonds is 6. The lowest BCUT2D eigenvalue weighted by atomic mass is 10.2. The Bertz CT molecular complexity index is 998. The fraction of sp³-hybridized carbons (Fsp3) is 0.188. The minimum atomic E-state index is -4.55. The average molecular weight is 402 g/mol. The standard InChI is InChI=1S/C16H13F3N2O5S/c17-10-2-4-13(16(19)15(10)18)27(23,24)21-7-14(22)20-6-9-1-3-11-12(5-9)26-8-25-11/h1-5,21H,6-8H2,(H,20,22). The Kier molecular flexibility index (Phi) is 5.24. The first-order valence-electron chi connectivity index (χ1n) is 7.56. The molecule has 0 spiro atoms. The predicted molar refractivity (Wildman–Crippen MR) is 85.9 cm³/mol. The van der Waals surface area contributed by atoms with Crippen LogP contribution in [0.3, 0.4) is 0 Å². The van der Waals surface area contributed by atoms with Gasteiger partial charge in [-0.2, -0.15) is 0 Å². The molecule has 0 fully saturated rings. The third-order valence-corrected chi connectivity index (χ3v) is 5.06. The van der Waals surface area contributed by atoms with Gasteiger partial charge in [0.15, 0.2) is 29.0 Å². The second-order valence-electron chi connectivity index (χ2n) is 5.46. The lowest BCUT2D eigenvalue weighted by molar-refractivity contribution is -0.120. The van der Waals surface area contributed by atoms with Gasteiger partial charge in [-0.3, -0.25) is 4.79 Å². The Morgan fingerprint density at radius 3 is 2.56 bits per heavy atom. The van der Waals surface area contributed by atoms with E-state index in [-0.39, 0.29) is 13.3 Å². The van der Waals surface area contributed by atoms with Gasteiger partial charge in [0, 0.05) is 6.54 Å². The molecule has 0 radical (unpaired) electrons. The molecule has 2 aromatic rings. The summed E-state index contributed by atoms with van der Waals surface area (Å²) in [5.74, 6) is -4.90. The molecule has 3 rings (SSSR count). The zero-order valence-corrected chi connectivity index (χ0v) is 14.4. The molecule has 0 unspecified atom stereocenters. The number of hydrogen-bond donors (Lipinski definition) is 2. The zero-order chi connectivity index (χ0) is 19.6. The highest BCUT2D eigenvalue weighted by Gasteiger charge is 2.24. The van der Waals surface area contributed by atoms with Crippen molar-refractivity contribution < 1.29 is 35.9 Å². The summed E-state index contributed by atoms with van der Waals surface area (Å²) in [5, 5.41) is 2.46. The second-order valence-corrected chi connectivity index (χ2v) is 7.20. The lowest BCUT2D eigenvalue weighted by Crippen LogP contribution is -2.37. The molecule has 0 saturated carbocycles. The highest BCUT2D eigenvalue weighted by molar-refractivity contribution is 7.89. The molecule has 144 valence electrons. The first kappa shape index (κ1) is 19.0. The average Bonchev–Trinajstić information content (AvgIpc) is 3.10. The van der Waals surface area contributed by atoms with Gasteiger partial charge in [0.25, 0.3) is 0 Å². The summed E-state index contributed by atoms with van der Waals surface area (Å²) in [5.41, 5.74) is 0.683. The van der Waals surface area contributed by atoms with Crippen molar-refractivity contribution in [2.24, 2.45) is 0 Å². The van der Waals surface area contributed by atoms with Crippen LogP contribution in [0.4, 0.5) is 13.2 Å². The molecule has 7 nitrogen and oxygen atoms in total. The maximum Gasteiger partial charge on any atom is 0.244 e. The quantitative estimate of drug-likeness (QED) is 0.713. The predicted octanol–water partition coefficient (Wildman–Crippen LogP) is 1.43. The summed E-state index contributed by atoms with van der Waals surface area (Å²) in [6.07, 6.45) is 0. The molecular formula is C16H13F3N2O5S. The van der Waals surface area contributed by atoms with Gasteiger partial charge in [0.1, 0.15) is 4.90 Å². The number of benzene rings is 2. The molecule has 0 aliphatic carbocycles. The monoisotopic (exact) mass is 402 g/mol. The van der Waals surface area contributed by atoms with Crippen LogP contribution in [0, 0.1) is 17.5 Å². The number of ether oxygens (including phenoxy) is 2. The maximum atomic E-state index is 13.6. The fourth-order valence-corrected chi connectivity index (χ4v) is 3.32. The number of amides is 1. The van der Waals surface area contributed by atoms with Crippen LogP contribution in [0.2, 0.25) is 0 Å². The summed E-state index contributed by atoms with van der Waals surface area (Å²) >= 11 is 0. The molecule has 0 aromatic heterocycles. The van der Waals surface area contributed by atoms with Gasteiger partial charge < -0.3 is 14.8 Å². The number of nitrogens with one attached hydrogen (secondary N) is 2. The SMILES string of the molecule is O=C(CNS(=O)(=O)c1ccc(F)c(F)c1F)NCc1ccc2c(c1)OCO2. The molecule has 0 bridgehead atoms. The van der Waals surface area contributed by atoms with Crippen molar-refractivity contribution in [3.8, 4) is 11.5 Å². The third kappa shape index (κ3) is 4.14. The van der Waals surface area contributed by atoms with E-state index in [4.69, 9.17) is 9.47 Å². The van der Waals surface area contributed by atoms with Crippen molar-refractivity contribution in [2.45, 2.75) is 11.4 Å². The molecule has 0 saturated heterocycles. The molecule has 11 heteroatoms. The van der Waals surface area contributed by atoms with Gasteiger partial charge in [-0.05, 0) is 29.8 Å². The van der Waals surface area contributed by atoms with Gasteiger partial charge in [0.05, 0.1) is 6.54 Å². The minimum Gasteiger partial charge on any atom is -0.454 e. The molecule has 27 heavy (non-hydrogen) atoms. The van der Waals surface area contributed by atoms with Crippen LogP contribution in [0.15, 0.2) is 35.2 Å². The Balaban J connectivity index is 1.58. The van der Waals surface area contributed by atoms with E-state index in [9.17, 15) is 26.4 Å². The van der Waals surface area contributed by atoms with E-state index in [1.54, 1.807) is 18.2 Å². The minimum absolute atomic E-state index is 0.0801. The number of sulfonamides is 1. The van der Waals surface area contributed by atoms with E-state index in [1.807, 2.05) is 4.72 Å². The van der Waals surface area contributed by atoms with Crippen LogP contribution in [0.25, 0.3) is 0 Å². The van der Waals surface area contributed by atoms with Crippen molar-refractivity contribution in [3.63, 3.8) is 0 Å². The molecule has 2 N–H and O–H groups in total. The van der Waals surface area contributed by atoms with Crippen LogP contribution >= 0.6 is 0 Å². The number of carbonyl (C=O) groups is 1. The molecular weight excluding hydrogens is 389 g/mol. The van der Waals surface area contributed by atoms with E-state index in [2.05, 4.69) is 5.32 Å². The van der Waals surface area contributed by atoms with E-state index < -0.39 is 44.8 Å². The number of carbonyl (C=O) groups excluding carboxylic acids is 1. The van der Waals surface area contributed by atoms with E-state index in [1.165, 1.54) is 0 Å². The Hall–Kier alpha value is -2.79. The first-order valence-corrected chi connectivity index (χ1v) is 9.04. The van der Waals surface area contributed by atoms with Crippen molar-refractivity contribution in [2.75, 3.05) is 13.3 Å². The van der Waals surface area contributed by atoms with Gasteiger partial charge in [-0.25, -0.2) is 26.3 Å². The molecule has 1 heterocycles. The summed E-state index contributed by atoms with van der Waals surface area (Å²) in [4.78, 5) is 10.7. The Morgan fingerprint density at radius 2 is 1.78 bits per heavy atom. The van der Waals surface area contributed by atoms with Gasteiger partial charge in [0.2, 0.25) is 22.7 Å². The molecule has 2 aromatic carbocycles. The normalized spacial score (nSPS) is 12.9. The highest BCUT2D eigenvalue weighted by atomic mass is 32.2. The lowest BCUT2D eigenvalue weighted by Gasteiger charge is -2.09. The summed E-state index contributed by atoms with van der Waals surface area (Å²) in [7, 11) is -4.55. The topological polar surface area (TPSA) is 93.7 Å². The van der Waals surface area contributed by atoms with Crippen molar-refractivity contribution >= 4 is 15.9 Å². The number of hydrogen-bond acceptors (Lipinski definition) is 5. The molecule has 1 aliphatic rings. The Morgan fingerprint density at radius 1 is 1.04 bits per heavy atom. The molecule has 1 aliphatic heterocycles. The zero-order valence-electron chi connectivity index (χ0n) is 13.6. The van der Waals surface area contributed by atoms with Gasteiger partial charge >= 0.3 is 0 Å². The Labute approximate surface area is 152 Å².